The maximum Gasteiger partial charge on any atom is 0.191 e. The van der Waals surface area contributed by atoms with Gasteiger partial charge in [-0.2, -0.15) is 0 Å². The molecule has 2 N–H and O–H groups in total. The number of guanidine groups is 1. The number of allylic oxidation sites excluding steroid dienone is 1. The van der Waals surface area contributed by atoms with E-state index in [0.29, 0.717) is 0 Å². The van der Waals surface area contributed by atoms with E-state index in [0.717, 1.165) is 38.4 Å². The lowest BCUT2D eigenvalue weighted by atomic mass is 9.97. The van der Waals surface area contributed by atoms with Crippen LogP contribution in [0.5, 0.6) is 0 Å². The highest BCUT2D eigenvalue weighted by molar-refractivity contribution is 5.79. The van der Waals surface area contributed by atoms with Gasteiger partial charge in [-0.15, -0.1) is 0 Å². The molecule has 4 heteroatoms. The fraction of sp³-hybridized carbons (Fsp3) is 0.579. The predicted molar refractivity (Wildman–Crippen MR) is 97.8 cm³/mol. The Kier molecular flexibility index (Phi) is 7.64. The van der Waals surface area contributed by atoms with Crippen molar-refractivity contribution in [1.82, 2.24) is 15.6 Å². The first-order valence-corrected chi connectivity index (χ1v) is 8.89. The van der Waals surface area contributed by atoms with Crippen molar-refractivity contribution in [1.29, 1.82) is 0 Å². The van der Waals surface area contributed by atoms with Crippen LogP contribution in [0.15, 0.2) is 35.1 Å². The van der Waals surface area contributed by atoms with Crippen LogP contribution in [0.25, 0.3) is 0 Å². The molecule has 1 aromatic heterocycles. The molecular weight excluding hydrogens is 284 g/mol. The summed E-state index contributed by atoms with van der Waals surface area (Å²) in [5.41, 5.74) is 4.17. The molecule has 0 bridgehead atoms. The molecule has 0 amide bonds. The third-order valence-corrected chi connectivity index (χ3v) is 4.26. The molecule has 0 spiro atoms. The fourth-order valence-electron chi connectivity index (χ4n) is 2.89. The van der Waals surface area contributed by atoms with Gasteiger partial charge in [-0.25, -0.2) is 0 Å². The van der Waals surface area contributed by atoms with Crippen molar-refractivity contribution in [3.63, 3.8) is 0 Å². The van der Waals surface area contributed by atoms with E-state index in [-0.39, 0.29) is 0 Å². The highest BCUT2D eigenvalue weighted by Crippen LogP contribution is 2.19. The van der Waals surface area contributed by atoms with Gasteiger partial charge in [0.15, 0.2) is 5.96 Å². The Balaban J connectivity index is 1.77. The topological polar surface area (TPSA) is 49.3 Å². The molecule has 1 heterocycles. The zero-order valence-corrected chi connectivity index (χ0v) is 14.6. The van der Waals surface area contributed by atoms with Gasteiger partial charge >= 0.3 is 0 Å². The van der Waals surface area contributed by atoms with Gasteiger partial charge in [0, 0.05) is 32.0 Å². The lowest BCUT2D eigenvalue weighted by Gasteiger charge is -2.15. The highest BCUT2D eigenvalue weighted by Gasteiger charge is 2.04. The molecular formula is C19H30N4. The summed E-state index contributed by atoms with van der Waals surface area (Å²) < 4.78 is 0. The first kappa shape index (κ1) is 17.5. The second-order valence-corrected chi connectivity index (χ2v) is 6.10. The van der Waals surface area contributed by atoms with Crippen LogP contribution in [0.3, 0.4) is 0 Å². The number of hydrogen-bond donors (Lipinski definition) is 2. The maximum absolute atomic E-state index is 4.69. The van der Waals surface area contributed by atoms with Gasteiger partial charge in [0.2, 0.25) is 0 Å². The minimum Gasteiger partial charge on any atom is -0.357 e. The standard InChI is InChI=1S/C19H30N4/c1-3-21-19(22-13-9-17-7-5-4-6-8-17)23-14-11-18-10-12-20-15-16(18)2/h7,10,12,15H,3-6,8-9,11,13-14H2,1-2H3,(H2,21,22,23). The second-order valence-electron chi connectivity index (χ2n) is 6.10. The predicted octanol–water partition coefficient (Wildman–Crippen LogP) is 3.38. The summed E-state index contributed by atoms with van der Waals surface area (Å²) in [6, 6.07) is 2.08. The van der Waals surface area contributed by atoms with E-state index in [4.69, 9.17) is 0 Å². The van der Waals surface area contributed by atoms with Gasteiger partial charge < -0.3 is 10.6 Å². The monoisotopic (exact) mass is 314 g/mol. The van der Waals surface area contributed by atoms with Crippen LogP contribution in [-0.2, 0) is 6.42 Å². The van der Waals surface area contributed by atoms with E-state index in [9.17, 15) is 0 Å². The molecule has 0 atom stereocenters. The average Bonchev–Trinajstić information content (AvgIpc) is 2.57. The molecule has 0 aliphatic heterocycles. The van der Waals surface area contributed by atoms with Gasteiger partial charge in [0.05, 0.1) is 0 Å². The zero-order chi connectivity index (χ0) is 16.3. The smallest absolute Gasteiger partial charge is 0.191 e. The number of nitrogens with one attached hydrogen (secondary N) is 2. The number of aryl methyl sites for hydroxylation is 1. The third kappa shape index (κ3) is 6.43. The molecule has 0 fully saturated rings. The molecule has 1 aromatic rings. The molecule has 0 radical (unpaired) electrons. The second kappa shape index (κ2) is 10.0. The Bertz CT molecular complexity index is 534. The Morgan fingerprint density at radius 3 is 2.91 bits per heavy atom. The number of pyridine rings is 1. The van der Waals surface area contributed by atoms with Crippen molar-refractivity contribution in [2.24, 2.45) is 4.99 Å². The summed E-state index contributed by atoms with van der Waals surface area (Å²) in [7, 11) is 0. The van der Waals surface area contributed by atoms with Crippen LogP contribution < -0.4 is 10.6 Å². The number of rotatable bonds is 7. The van der Waals surface area contributed by atoms with E-state index in [1.165, 1.54) is 36.8 Å². The van der Waals surface area contributed by atoms with E-state index in [1.54, 1.807) is 5.57 Å². The lowest BCUT2D eigenvalue weighted by Crippen LogP contribution is -2.38. The Labute approximate surface area is 140 Å². The lowest BCUT2D eigenvalue weighted by molar-refractivity contribution is 0.665. The molecule has 1 aliphatic carbocycles. The molecule has 0 unspecified atom stereocenters. The number of aromatic nitrogens is 1. The molecule has 0 saturated heterocycles. The molecule has 126 valence electrons. The van der Waals surface area contributed by atoms with E-state index < -0.39 is 0 Å². The Morgan fingerprint density at radius 1 is 1.26 bits per heavy atom. The van der Waals surface area contributed by atoms with Crippen molar-refractivity contribution in [2.45, 2.75) is 52.4 Å². The molecule has 1 aliphatic rings. The van der Waals surface area contributed by atoms with Crippen LogP contribution in [0.1, 0.15) is 50.2 Å². The highest BCUT2D eigenvalue weighted by atomic mass is 15.2. The van der Waals surface area contributed by atoms with E-state index in [1.807, 2.05) is 12.4 Å². The first-order chi connectivity index (χ1) is 11.3. The van der Waals surface area contributed by atoms with Gasteiger partial charge in [-0.3, -0.25) is 9.98 Å². The van der Waals surface area contributed by atoms with Crippen LogP contribution in [-0.4, -0.2) is 30.6 Å². The number of hydrogen-bond acceptors (Lipinski definition) is 2. The van der Waals surface area contributed by atoms with Gasteiger partial charge in [-0.05, 0) is 69.6 Å². The van der Waals surface area contributed by atoms with Gasteiger partial charge in [0.1, 0.15) is 0 Å². The Morgan fingerprint density at radius 2 is 2.17 bits per heavy atom. The van der Waals surface area contributed by atoms with Gasteiger partial charge in [0.25, 0.3) is 0 Å². The number of nitrogens with zero attached hydrogens (tertiary/aromatic N) is 2. The normalized spacial score (nSPS) is 15.2. The minimum absolute atomic E-state index is 0.795. The summed E-state index contributed by atoms with van der Waals surface area (Å²) in [6.45, 7) is 6.86. The quantitative estimate of drug-likeness (QED) is 0.461. The van der Waals surface area contributed by atoms with E-state index in [2.05, 4.69) is 46.6 Å². The van der Waals surface area contributed by atoms with Crippen LogP contribution in [0.2, 0.25) is 0 Å². The summed E-state index contributed by atoms with van der Waals surface area (Å²) in [5.74, 6) is 0.926. The number of aliphatic imine (C=N–C) groups is 1. The summed E-state index contributed by atoms with van der Waals surface area (Å²) in [5, 5.41) is 6.78. The van der Waals surface area contributed by atoms with Crippen molar-refractivity contribution in [2.75, 3.05) is 19.6 Å². The van der Waals surface area contributed by atoms with Crippen molar-refractivity contribution in [3.8, 4) is 0 Å². The molecule has 4 nitrogen and oxygen atoms in total. The van der Waals surface area contributed by atoms with Gasteiger partial charge in [-0.1, -0.05) is 11.6 Å². The molecule has 2 rings (SSSR count). The SMILES string of the molecule is CCNC(=NCCc1ccncc1C)NCCC1=CCCCC1. The van der Waals surface area contributed by atoms with Crippen molar-refractivity contribution in [3.05, 3.63) is 41.2 Å². The zero-order valence-electron chi connectivity index (χ0n) is 14.6. The molecule has 0 saturated carbocycles. The summed E-state index contributed by atoms with van der Waals surface area (Å²) in [4.78, 5) is 8.82. The van der Waals surface area contributed by atoms with Crippen molar-refractivity contribution < 1.29 is 0 Å². The fourth-order valence-corrected chi connectivity index (χ4v) is 2.89. The van der Waals surface area contributed by atoms with Crippen LogP contribution in [0.4, 0.5) is 0 Å². The van der Waals surface area contributed by atoms with Crippen LogP contribution in [0, 0.1) is 6.92 Å². The maximum atomic E-state index is 4.69. The van der Waals surface area contributed by atoms with Crippen LogP contribution >= 0.6 is 0 Å². The first-order valence-electron chi connectivity index (χ1n) is 8.89. The third-order valence-electron chi connectivity index (χ3n) is 4.26. The molecule has 0 aromatic carbocycles. The average molecular weight is 314 g/mol. The largest absolute Gasteiger partial charge is 0.357 e. The Hall–Kier alpha value is -1.84. The van der Waals surface area contributed by atoms with Crippen molar-refractivity contribution >= 4 is 5.96 Å². The molecule has 23 heavy (non-hydrogen) atoms. The summed E-state index contributed by atoms with van der Waals surface area (Å²) >= 11 is 0. The van der Waals surface area contributed by atoms with E-state index >= 15 is 0 Å². The minimum atomic E-state index is 0.795. The summed E-state index contributed by atoms with van der Waals surface area (Å²) in [6.07, 6.45) is 13.5.